The molecule has 9 heteroatoms. The molecule has 0 radical (unpaired) electrons. The minimum atomic E-state index is -0.926. The van der Waals surface area contributed by atoms with Gasteiger partial charge >= 0.3 is 0 Å². The molecular weight excluding hydrogens is 396 g/mol. The molecule has 8 nitrogen and oxygen atoms in total. The summed E-state index contributed by atoms with van der Waals surface area (Å²) in [4.78, 5) is 14.3. The number of pyridine rings is 1. The quantitative estimate of drug-likeness (QED) is 0.584. The maximum absolute atomic E-state index is 10.1. The third kappa shape index (κ3) is 3.42. The van der Waals surface area contributed by atoms with E-state index < -0.39 is 18.3 Å². The number of fused-ring (bicyclic) bond motifs is 1. The van der Waals surface area contributed by atoms with Gasteiger partial charge in [-0.25, -0.2) is 4.98 Å². The van der Waals surface area contributed by atoms with Gasteiger partial charge in [-0.3, -0.25) is 0 Å². The van der Waals surface area contributed by atoms with Crippen molar-refractivity contribution in [2.75, 3.05) is 31.2 Å². The maximum Gasteiger partial charge on any atom is 0.296 e. The second-order valence-corrected chi connectivity index (χ2v) is 7.73. The molecule has 152 valence electrons. The average Bonchev–Trinajstić information content (AvgIpc) is 3.23. The minimum absolute atomic E-state index is 0.173. The molecule has 0 aliphatic carbocycles. The Morgan fingerprint density at radius 2 is 2.03 bits per heavy atom. The van der Waals surface area contributed by atoms with Gasteiger partial charge in [-0.2, -0.15) is 4.98 Å². The summed E-state index contributed by atoms with van der Waals surface area (Å²) >= 11 is 6.47. The van der Waals surface area contributed by atoms with Crippen molar-refractivity contribution in [3.63, 3.8) is 0 Å². The SMILES string of the molecule is OC[C@H]1OC[C@@H](Oc2nc3nc(-c4ccc(N5CCC5)cc4)c(Cl)cc3[nH]2)[C@@H]1O. The highest BCUT2D eigenvalue weighted by Crippen LogP contribution is 2.32. The van der Waals surface area contributed by atoms with Crippen LogP contribution in [0.5, 0.6) is 6.01 Å². The molecule has 2 aliphatic rings. The first-order valence-electron chi connectivity index (χ1n) is 9.61. The lowest BCUT2D eigenvalue weighted by atomic mass is 10.1. The van der Waals surface area contributed by atoms with Crippen LogP contribution in [0.3, 0.4) is 0 Å². The monoisotopic (exact) mass is 416 g/mol. The van der Waals surface area contributed by atoms with Crippen LogP contribution in [0.25, 0.3) is 22.4 Å². The average molecular weight is 417 g/mol. The van der Waals surface area contributed by atoms with Crippen LogP contribution in [-0.4, -0.2) is 69.8 Å². The number of imidazole rings is 1. The summed E-state index contributed by atoms with van der Waals surface area (Å²) in [5.74, 6) is 0. The van der Waals surface area contributed by atoms with Crippen molar-refractivity contribution in [3.05, 3.63) is 35.4 Å². The molecule has 3 aromatic rings. The van der Waals surface area contributed by atoms with Gasteiger partial charge in [-0.1, -0.05) is 23.7 Å². The third-order valence-electron chi connectivity index (χ3n) is 5.45. The first kappa shape index (κ1) is 18.6. The molecule has 2 aromatic heterocycles. The van der Waals surface area contributed by atoms with Crippen molar-refractivity contribution in [3.8, 4) is 17.3 Å². The Morgan fingerprint density at radius 1 is 1.24 bits per heavy atom. The van der Waals surface area contributed by atoms with E-state index in [4.69, 9.17) is 21.1 Å². The fourth-order valence-electron chi connectivity index (χ4n) is 3.62. The molecule has 1 aromatic carbocycles. The van der Waals surface area contributed by atoms with Gasteiger partial charge in [0.15, 0.2) is 11.8 Å². The van der Waals surface area contributed by atoms with E-state index in [1.807, 2.05) is 12.1 Å². The van der Waals surface area contributed by atoms with Crippen molar-refractivity contribution in [2.45, 2.75) is 24.7 Å². The fraction of sp³-hybridized carbons (Fsp3) is 0.400. The van der Waals surface area contributed by atoms with E-state index in [9.17, 15) is 10.2 Å². The molecule has 3 atom stereocenters. The number of aliphatic hydroxyl groups excluding tert-OH is 2. The molecule has 0 saturated carbocycles. The molecular formula is C20H21ClN4O4. The Balaban J connectivity index is 1.39. The number of anilines is 1. The van der Waals surface area contributed by atoms with Gasteiger partial charge in [0.1, 0.15) is 12.2 Å². The Morgan fingerprint density at radius 3 is 2.69 bits per heavy atom. The molecule has 2 aliphatic heterocycles. The van der Waals surface area contributed by atoms with Crippen LogP contribution in [0, 0.1) is 0 Å². The Bertz CT molecular complexity index is 1020. The molecule has 0 spiro atoms. The third-order valence-corrected chi connectivity index (χ3v) is 5.73. The summed E-state index contributed by atoms with van der Waals surface area (Å²) in [6.07, 6.45) is -0.954. The van der Waals surface area contributed by atoms with E-state index in [-0.39, 0.29) is 19.2 Å². The largest absolute Gasteiger partial charge is 0.456 e. The number of hydrogen-bond acceptors (Lipinski definition) is 7. The molecule has 3 N–H and O–H groups in total. The Hall–Kier alpha value is -2.39. The molecule has 5 rings (SSSR count). The molecule has 0 unspecified atom stereocenters. The lowest BCUT2D eigenvalue weighted by molar-refractivity contribution is -0.00390. The van der Waals surface area contributed by atoms with Crippen LogP contribution >= 0.6 is 11.6 Å². The summed E-state index contributed by atoms with van der Waals surface area (Å²) in [5.41, 5.74) is 3.87. The number of aromatic nitrogens is 3. The van der Waals surface area contributed by atoms with Gasteiger partial charge < -0.3 is 29.6 Å². The second kappa shape index (κ2) is 7.46. The summed E-state index contributed by atoms with van der Waals surface area (Å²) in [7, 11) is 0. The highest BCUT2D eigenvalue weighted by molar-refractivity contribution is 6.33. The van der Waals surface area contributed by atoms with E-state index in [0.29, 0.717) is 21.9 Å². The fourth-order valence-corrected chi connectivity index (χ4v) is 3.88. The van der Waals surface area contributed by atoms with Gasteiger partial charge in [0.05, 0.1) is 29.4 Å². The van der Waals surface area contributed by atoms with Gasteiger partial charge in [0.2, 0.25) is 0 Å². The van der Waals surface area contributed by atoms with Crippen LogP contribution < -0.4 is 9.64 Å². The Kier molecular flexibility index (Phi) is 4.79. The second-order valence-electron chi connectivity index (χ2n) is 7.32. The first-order valence-corrected chi connectivity index (χ1v) is 9.99. The highest BCUT2D eigenvalue weighted by atomic mass is 35.5. The number of nitrogens with zero attached hydrogens (tertiary/aromatic N) is 3. The number of nitrogens with one attached hydrogen (secondary N) is 1. The van der Waals surface area contributed by atoms with E-state index in [1.165, 1.54) is 12.1 Å². The number of benzene rings is 1. The smallest absolute Gasteiger partial charge is 0.296 e. The molecule has 0 bridgehead atoms. The maximum atomic E-state index is 10.1. The molecule has 2 fully saturated rings. The molecule has 4 heterocycles. The van der Waals surface area contributed by atoms with Crippen LogP contribution in [-0.2, 0) is 4.74 Å². The summed E-state index contributed by atoms with van der Waals surface area (Å²) in [5, 5.41) is 19.8. The summed E-state index contributed by atoms with van der Waals surface area (Å²) < 4.78 is 11.0. The predicted molar refractivity (Wildman–Crippen MR) is 108 cm³/mol. The van der Waals surface area contributed by atoms with Crippen LogP contribution in [0.15, 0.2) is 30.3 Å². The predicted octanol–water partition coefficient (Wildman–Crippen LogP) is 1.99. The highest BCUT2D eigenvalue weighted by Gasteiger charge is 2.37. The zero-order valence-electron chi connectivity index (χ0n) is 15.6. The summed E-state index contributed by atoms with van der Waals surface area (Å²) in [6, 6.07) is 10.2. The zero-order valence-corrected chi connectivity index (χ0v) is 16.3. The Labute approximate surface area is 172 Å². The van der Waals surface area contributed by atoms with Crippen molar-refractivity contribution in [2.24, 2.45) is 0 Å². The van der Waals surface area contributed by atoms with E-state index in [1.54, 1.807) is 6.07 Å². The van der Waals surface area contributed by atoms with Crippen molar-refractivity contribution < 1.29 is 19.7 Å². The van der Waals surface area contributed by atoms with Crippen LogP contribution in [0.4, 0.5) is 5.69 Å². The van der Waals surface area contributed by atoms with E-state index in [2.05, 4.69) is 32.0 Å². The van der Waals surface area contributed by atoms with Crippen LogP contribution in [0.1, 0.15) is 6.42 Å². The normalized spacial score (nSPS) is 24.1. The number of halogens is 1. The van der Waals surface area contributed by atoms with Crippen molar-refractivity contribution in [1.82, 2.24) is 15.0 Å². The van der Waals surface area contributed by atoms with E-state index >= 15 is 0 Å². The number of aromatic amines is 1. The number of H-pyrrole nitrogens is 1. The van der Waals surface area contributed by atoms with Crippen LogP contribution in [0.2, 0.25) is 5.02 Å². The lowest BCUT2D eigenvalue weighted by Gasteiger charge is -2.33. The van der Waals surface area contributed by atoms with Gasteiger partial charge in [0, 0.05) is 24.3 Å². The number of ether oxygens (including phenoxy) is 2. The first-order chi connectivity index (χ1) is 14.1. The van der Waals surface area contributed by atoms with Gasteiger partial charge in [-0.05, 0) is 24.6 Å². The van der Waals surface area contributed by atoms with Gasteiger partial charge in [0.25, 0.3) is 6.01 Å². The molecule has 0 amide bonds. The topological polar surface area (TPSA) is 104 Å². The van der Waals surface area contributed by atoms with Crippen molar-refractivity contribution in [1.29, 1.82) is 0 Å². The zero-order chi connectivity index (χ0) is 20.0. The summed E-state index contributed by atoms with van der Waals surface area (Å²) in [6.45, 7) is 2.10. The number of aliphatic hydroxyl groups is 2. The number of hydrogen-bond donors (Lipinski definition) is 3. The van der Waals surface area contributed by atoms with E-state index in [0.717, 1.165) is 18.7 Å². The standard InChI is InChI=1S/C20H21ClN4O4/c21-13-8-14-19(24-20(22-14)29-16-10-28-15(9-26)18(16)27)23-17(13)11-2-4-12(5-3-11)25-6-1-7-25/h2-5,8,15-16,18,26-27H,1,6-7,9-10H2,(H,22,23,24)/t15-,16-,18-/m1/s1. The minimum Gasteiger partial charge on any atom is -0.456 e. The lowest BCUT2D eigenvalue weighted by Crippen LogP contribution is -2.36. The van der Waals surface area contributed by atoms with Gasteiger partial charge in [-0.15, -0.1) is 0 Å². The molecule has 2 saturated heterocycles. The van der Waals surface area contributed by atoms with Crippen molar-refractivity contribution >= 4 is 28.5 Å². The molecule has 29 heavy (non-hydrogen) atoms. The number of rotatable bonds is 5.